The van der Waals surface area contributed by atoms with Gasteiger partial charge in [-0.05, 0) is 42.9 Å². The van der Waals surface area contributed by atoms with E-state index in [1.165, 1.54) is 43.2 Å². The van der Waals surface area contributed by atoms with Gasteiger partial charge in [0.2, 0.25) is 29.5 Å². The van der Waals surface area contributed by atoms with Crippen LogP contribution in [-0.4, -0.2) is 93.0 Å². The van der Waals surface area contributed by atoms with Gasteiger partial charge in [0.1, 0.15) is 29.9 Å². The van der Waals surface area contributed by atoms with E-state index in [2.05, 4.69) is 25.8 Å². The number of carbonyl (C=O) groups excluding carboxylic acids is 6. The fourth-order valence-electron chi connectivity index (χ4n) is 5.30. The number of hydrazine groups is 1. The van der Waals surface area contributed by atoms with E-state index in [4.69, 9.17) is 9.79 Å². The normalized spacial score (nSPS) is 20.6. The van der Waals surface area contributed by atoms with Crippen molar-refractivity contribution < 1.29 is 47.6 Å². The second-order valence-corrected chi connectivity index (χ2v) is 12.3. The van der Waals surface area contributed by atoms with Gasteiger partial charge in [0.05, 0.1) is 0 Å². The number of fused-ring (bicyclic) bond motifs is 1. The molecule has 1 aromatic rings. The molecule has 6 N–H and O–H groups in total. The van der Waals surface area contributed by atoms with Gasteiger partial charge in [-0.15, -0.1) is 0 Å². The lowest BCUT2D eigenvalue weighted by molar-refractivity contribution is -0.176. The number of phosphoric ester groups is 1. The zero-order chi connectivity index (χ0) is 33.5. The molecule has 5 atom stereocenters. The predicted molar refractivity (Wildman–Crippen MR) is 159 cm³/mol. The smallest absolute Gasteiger partial charge is 0.404 e. The molecular weight excluding hydrogens is 611 g/mol. The SMILES string of the molecule is CC[C@H](C)[C@H](NC(=O)[C@@H]1CCCN2C(=O)CC[C@H](NC(=O)[C@H](Cc3ccc(OP(=O)(O)O)cc3)NC(C)=O)C(=O)N12)C(=O)NC. The van der Waals surface area contributed by atoms with Crippen molar-refractivity contribution in [1.29, 1.82) is 0 Å². The molecule has 2 aliphatic heterocycles. The maximum atomic E-state index is 13.9. The maximum Gasteiger partial charge on any atom is 0.524 e. The van der Waals surface area contributed by atoms with Crippen LogP contribution in [0.3, 0.4) is 0 Å². The first-order valence-corrected chi connectivity index (χ1v) is 16.2. The fourth-order valence-corrected chi connectivity index (χ4v) is 5.70. The van der Waals surface area contributed by atoms with E-state index in [-0.39, 0.29) is 49.8 Å². The van der Waals surface area contributed by atoms with Gasteiger partial charge >= 0.3 is 7.82 Å². The van der Waals surface area contributed by atoms with Gasteiger partial charge in [0.15, 0.2) is 0 Å². The van der Waals surface area contributed by atoms with Crippen molar-refractivity contribution in [2.45, 2.75) is 83.5 Å². The molecule has 0 spiro atoms. The summed E-state index contributed by atoms with van der Waals surface area (Å²) in [6, 6.07) is 1.22. The molecule has 16 nitrogen and oxygen atoms in total. The monoisotopic (exact) mass is 652 g/mol. The molecule has 248 valence electrons. The van der Waals surface area contributed by atoms with Crippen LogP contribution < -0.4 is 25.8 Å². The highest BCUT2D eigenvalue weighted by molar-refractivity contribution is 7.46. The average molecular weight is 653 g/mol. The number of nitrogens with zero attached hydrogens (tertiary/aromatic N) is 2. The van der Waals surface area contributed by atoms with Crippen molar-refractivity contribution in [3.63, 3.8) is 0 Å². The van der Waals surface area contributed by atoms with Gasteiger partial charge in [-0.1, -0.05) is 32.4 Å². The van der Waals surface area contributed by atoms with Gasteiger partial charge in [-0.2, -0.15) is 0 Å². The largest absolute Gasteiger partial charge is 0.524 e. The Kier molecular flexibility index (Phi) is 12.1. The summed E-state index contributed by atoms with van der Waals surface area (Å²) in [5.74, 6) is -3.59. The number of hydrogen-bond acceptors (Lipinski definition) is 8. The minimum Gasteiger partial charge on any atom is -0.404 e. The van der Waals surface area contributed by atoms with Crippen LogP contribution in [0.4, 0.5) is 0 Å². The first kappa shape index (κ1) is 35.5. The number of nitrogens with one attached hydrogen (secondary N) is 4. The van der Waals surface area contributed by atoms with Gasteiger partial charge in [0.25, 0.3) is 5.91 Å². The molecule has 6 amide bonds. The Morgan fingerprint density at radius 3 is 2.31 bits per heavy atom. The van der Waals surface area contributed by atoms with Crippen molar-refractivity contribution in [2.24, 2.45) is 5.92 Å². The van der Waals surface area contributed by atoms with Crippen molar-refractivity contribution in [3.05, 3.63) is 29.8 Å². The Hall–Kier alpha value is -4.01. The predicted octanol–water partition coefficient (Wildman–Crippen LogP) is -0.505. The number of phosphoric acid groups is 1. The molecule has 0 aliphatic carbocycles. The van der Waals surface area contributed by atoms with Crippen LogP contribution in [0.1, 0.15) is 58.4 Å². The summed E-state index contributed by atoms with van der Waals surface area (Å²) in [6.07, 6.45) is 1.12. The zero-order valence-electron chi connectivity index (χ0n) is 25.6. The van der Waals surface area contributed by atoms with Gasteiger partial charge in [-0.25, -0.2) is 9.57 Å². The van der Waals surface area contributed by atoms with Gasteiger partial charge in [0, 0.05) is 33.4 Å². The lowest BCUT2D eigenvalue weighted by atomic mass is 9.97. The summed E-state index contributed by atoms with van der Waals surface area (Å²) in [5.41, 5.74) is 0.509. The van der Waals surface area contributed by atoms with E-state index in [0.717, 1.165) is 5.01 Å². The maximum absolute atomic E-state index is 13.9. The molecule has 0 bridgehead atoms. The van der Waals surface area contributed by atoms with E-state index < -0.39 is 61.5 Å². The van der Waals surface area contributed by atoms with Crippen molar-refractivity contribution in [3.8, 4) is 5.75 Å². The van der Waals surface area contributed by atoms with Crippen LogP contribution in [-0.2, 0) is 39.8 Å². The number of benzene rings is 1. The second kappa shape index (κ2) is 15.3. The molecule has 17 heteroatoms. The summed E-state index contributed by atoms with van der Waals surface area (Å²) >= 11 is 0. The van der Waals surface area contributed by atoms with Crippen LogP contribution in [0, 0.1) is 5.92 Å². The van der Waals surface area contributed by atoms with Gasteiger partial charge in [-0.3, -0.25) is 43.6 Å². The molecule has 0 unspecified atom stereocenters. The number of amides is 6. The summed E-state index contributed by atoms with van der Waals surface area (Å²) in [7, 11) is -3.31. The molecule has 2 fully saturated rings. The molecular formula is C28H41N6O10P. The van der Waals surface area contributed by atoms with Crippen molar-refractivity contribution >= 4 is 43.3 Å². The first-order chi connectivity index (χ1) is 21.1. The van der Waals surface area contributed by atoms with Crippen LogP contribution in [0.2, 0.25) is 0 Å². The van der Waals surface area contributed by atoms with Gasteiger partial charge < -0.3 is 25.8 Å². The van der Waals surface area contributed by atoms with Crippen LogP contribution in [0.5, 0.6) is 5.75 Å². The Morgan fingerprint density at radius 1 is 1.07 bits per heavy atom. The van der Waals surface area contributed by atoms with Crippen molar-refractivity contribution in [1.82, 2.24) is 31.3 Å². The highest BCUT2D eigenvalue weighted by Crippen LogP contribution is 2.37. The highest BCUT2D eigenvalue weighted by Gasteiger charge is 2.45. The third kappa shape index (κ3) is 9.49. The Morgan fingerprint density at radius 2 is 1.73 bits per heavy atom. The van der Waals surface area contributed by atoms with E-state index in [9.17, 15) is 33.3 Å². The summed E-state index contributed by atoms with van der Waals surface area (Å²) < 4.78 is 15.6. The number of likely N-dealkylation sites (N-methyl/N-ethyl adjacent to an activating group) is 1. The molecule has 1 aromatic carbocycles. The molecule has 3 rings (SSSR count). The second-order valence-electron chi connectivity index (χ2n) is 11.1. The lowest BCUT2D eigenvalue weighted by Crippen LogP contribution is -2.65. The highest BCUT2D eigenvalue weighted by atomic mass is 31.2. The topological polar surface area (TPSA) is 224 Å². The Balaban J connectivity index is 1.81. The van der Waals surface area contributed by atoms with E-state index in [0.29, 0.717) is 18.4 Å². The Labute approximate surface area is 260 Å². The number of carbonyl (C=O) groups is 6. The quantitative estimate of drug-likeness (QED) is 0.159. The minimum absolute atomic E-state index is 0.0420. The molecule has 2 aliphatic rings. The number of rotatable bonds is 12. The first-order valence-electron chi connectivity index (χ1n) is 14.7. The summed E-state index contributed by atoms with van der Waals surface area (Å²) in [5, 5.41) is 12.8. The standard InChI is InChI=1S/C28H41N6O10P/c1-5-16(2)24(27(39)29-4)32-26(38)22-7-6-14-33-23(36)13-12-20(28(40)34(22)33)31-25(37)21(30-17(3)35)15-18-8-10-19(11-9-18)44-45(41,42)43/h8-11,16,20-22,24H,5-7,12-15H2,1-4H3,(H,29,39)(H,30,35)(H,31,37)(H,32,38)(H2,41,42,43)/t16-,20-,21-,22-,24-/m0/s1. The average Bonchev–Trinajstić information content (AvgIpc) is 3.10. The summed E-state index contributed by atoms with van der Waals surface area (Å²) in [4.78, 5) is 96.4. The van der Waals surface area contributed by atoms with Crippen LogP contribution in [0.25, 0.3) is 0 Å². The molecule has 45 heavy (non-hydrogen) atoms. The number of hydrogen-bond donors (Lipinski definition) is 6. The molecule has 2 heterocycles. The fraction of sp³-hybridized carbons (Fsp3) is 0.571. The minimum atomic E-state index is -4.77. The van der Waals surface area contributed by atoms with E-state index in [1.54, 1.807) is 0 Å². The van der Waals surface area contributed by atoms with Crippen LogP contribution >= 0.6 is 7.82 Å². The third-order valence-electron chi connectivity index (χ3n) is 7.80. The van der Waals surface area contributed by atoms with E-state index >= 15 is 0 Å². The lowest BCUT2D eigenvalue weighted by Gasteiger charge is -2.43. The molecule has 0 saturated carbocycles. The van der Waals surface area contributed by atoms with E-state index in [1.807, 2.05) is 13.8 Å². The third-order valence-corrected chi connectivity index (χ3v) is 8.25. The molecule has 0 aromatic heterocycles. The zero-order valence-corrected chi connectivity index (χ0v) is 26.5. The molecule has 0 radical (unpaired) electrons. The van der Waals surface area contributed by atoms with Crippen LogP contribution in [0.15, 0.2) is 24.3 Å². The Bertz CT molecular complexity index is 1340. The summed E-state index contributed by atoms with van der Waals surface area (Å²) in [6.45, 7) is 5.11. The van der Waals surface area contributed by atoms with Crippen molar-refractivity contribution in [2.75, 3.05) is 13.6 Å². The molecule has 2 saturated heterocycles.